The topological polar surface area (TPSA) is 40.5 Å². The van der Waals surface area contributed by atoms with Gasteiger partial charge in [-0.25, -0.2) is 4.39 Å². The summed E-state index contributed by atoms with van der Waals surface area (Å²) in [7, 11) is 0. The minimum absolute atomic E-state index is 0.132. The highest BCUT2D eigenvalue weighted by Gasteiger charge is 2.25. The molecule has 0 fully saturated rings. The van der Waals surface area contributed by atoms with Crippen molar-refractivity contribution in [1.29, 1.82) is 0 Å². The first-order valence-electron chi connectivity index (χ1n) is 5.05. The molecule has 0 unspecified atom stereocenters. The van der Waals surface area contributed by atoms with Crippen LogP contribution in [-0.2, 0) is 11.8 Å². The number of aliphatic hydroxyl groups is 1. The molecule has 0 bridgehead atoms. The third-order valence-electron chi connectivity index (χ3n) is 2.66. The molecular formula is C12H17FO2. The molecule has 2 N–H and O–H groups in total. The van der Waals surface area contributed by atoms with E-state index in [0.29, 0.717) is 12.0 Å². The van der Waals surface area contributed by atoms with Crippen LogP contribution in [-0.4, -0.2) is 16.8 Å². The van der Waals surface area contributed by atoms with Crippen LogP contribution in [0.3, 0.4) is 0 Å². The molecule has 1 aromatic carbocycles. The lowest BCUT2D eigenvalue weighted by molar-refractivity contribution is 0.214. The van der Waals surface area contributed by atoms with Gasteiger partial charge in [0, 0.05) is 11.0 Å². The van der Waals surface area contributed by atoms with Crippen molar-refractivity contribution in [2.75, 3.05) is 6.61 Å². The summed E-state index contributed by atoms with van der Waals surface area (Å²) >= 11 is 0. The number of phenols is 1. The minimum Gasteiger partial charge on any atom is -0.505 e. The van der Waals surface area contributed by atoms with Crippen molar-refractivity contribution in [3.63, 3.8) is 0 Å². The average molecular weight is 212 g/mol. The van der Waals surface area contributed by atoms with E-state index in [9.17, 15) is 14.6 Å². The van der Waals surface area contributed by atoms with Gasteiger partial charge in [0.25, 0.3) is 0 Å². The van der Waals surface area contributed by atoms with Crippen molar-refractivity contribution in [1.82, 2.24) is 0 Å². The van der Waals surface area contributed by atoms with Gasteiger partial charge in [-0.1, -0.05) is 26.8 Å². The first kappa shape index (κ1) is 12.0. The predicted molar refractivity (Wildman–Crippen MR) is 57.6 cm³/mol. The van der Waals surface area contributed by atoms with Gasteiger partial charge in [-0.3, -0.25) is 0 Å². The van der Waals surface area contributed by atoms with Crippen LogP contribution >= 0.6 is 0 Å². The van der Waals surface area contributed by atoms with Gasteiger partial charge in [0.1, 0.15) is 0 Å². The van der Waals surface area contributed by atoms with Gasteiger partial charge in [0.2, 0.25) is 0 Å². The molecule has 2 nitrogen and oxygen atoms in total. The highest BCUT2D eigenvalue weighted by Crippen LogP contribution is 2.33. The van der Waals surface area contributed by atoms with Crippen molar-refractivity contribution in [2.24, 2.45) is 0 Å². The fourth-order valence-electron chi connectivity index (χ4n) is 1.46. The summed E-state index contributed by atoms with van der Waals surface area (Å²) in [6.45, 7) is 5.32. The number of hydrogen-bond donors (Lipinski definition) is 2. The number of hydrogen-bond acceptors (Lipinski definition) is 2. The van der Waals surface area contributed by atoms with E-state index in [1.165, 1.54) is 6.07 Å². The SMILES string of the molecule is CCc1cc(F)c(O)c(C(C)(C)CO)c1. The lowest BCUT2D eigenvalue weighted by atomic mass is 9.83. The van der Waals surface area contributed by atoms with Gasteiger partial charge < -0.3 is 10.2 Å². The monoisotopic (exact) mass is 212 g/mol. The molecule has 0 aliphatic rings. The molecule has 0 aromatic heterocycles. The number of halogens is 1. The molecule has 0 radical (unpaired) electrons. The lowest BCUT2D eigenvalue weighted by Gasteiger charge is -2.24. The summed E-state index contributed by atoms with van der Waals surface area (Å²) in [5.74, 6) is -0.975. The molecule has 0 aliphatic heterocycles. The van der Waals surface area contributed by atoms with E-state index in [1.807, 2.05) is 6.92 Å². The normalized spacial score (nSPS) is 11.8. The fourth-order valence-corrected chi connectivity index (χ4v) is 1.46. The Hall–Kier alpha value is -1.09. The molecule has 0 amide bonds. The van der Waals surface area contributed by atoms with E-state index >= 15 is 0 Å². The Balaban J connectivity index is 3.34. The molecule has 0 spiro atoms. The standard InChI is InChI=1S/C12H17FO2/c1-4-8-5-9(12(2,3)7-14)11(15)10(13)6-8/h5-6,14-15H,4,7H2,1-3H3. The van der Waals surface area contributed by atoms with Crippen molar-refractivity contribution in [3.05, 3.63) is 29.1 Å². The Morgan fingerprint density at radius 1 is 1.33 bits per heavy atom. The molecule has 0 saturated carbocycles. The van der Waals surface area contributed by atoms with Crippen LogP contribution in [0.15, 0.2) is 12.1 Å². The third-order valence-corrected chi connectivity index (χ3v) is 2.66. The lowest BCUT2D eigenvalue weighted by Crippen LogP contribution is -2.22. The second-order valence-electron chi connectivity index (χ2n) is 4.37. The maximum atomic E-state index is 13.4. The van der Waals surface area contributed by atoms with Crippen LogP contribution in [0.2, 0.25) is 0 Å². The third kappa shape index (κ3) is 2.29. The van der Waals surface area contributed by atoms with Crippen LogP contribution < -0.4 is 0 Å². The largest absolute Gasteiger partial charge is 0.505 e. The minimum atomic E-state index is -0.629. The van der Waals surface area contributed by atoms with Crippen molar-refractivity contribution >= 4 is 0 Å². The summed E-state index contributed by atoms with van der Waals surface area (Å²) in [5, 5.41) is 18.8. The van der Waals surface area contributed by atoms with Crippen LogP contribution in [0.1, 0.15) is 31.9 Å². The van der Waals surface area contributed by atoms with Gasteiger partial charge >= 0.3 is 0 Å². The van der Waals surface area contributed by atoms with Crippen LogP contribution in [0.5, 0.6) is 5.75 Å². The molecule has 1 rings (SSSR count). The van der Waals surface area contributed by atoms with E-state index in [2.05, 4.69) is 0 Å². The second-order valence-corrected chi connectivity index (χ2v) is 4.37. The van der Waals surface area contributed by atoms with Crippen molar-refractivity contribution in [2.45, 2.75) is 32.6 Å². The Morgan fingerprint density at radius 2 is 1.93 bits per heavy atom. The van der Waals surface area contributed by atoms with Gasteiger partial charge in [-0.05, 0) is 18.1 Å². The summed E-state index contributed by atoms with van der Waals surface area (Å²) in [6, 6.07) is 3.07. The van der Waals surface area contributed by atoms with Crippen LogP contribution in [0.25, 0.3) is 0 Å². The van der Waals surface area contributed by atoms with Crippen molar-refractivity contribution < 1.29 is 14.6 Å². The molecule has 1 aromatic rings. The molecule has 0 heterocycles. The second kappa shape index (κ2) is 4.19. The molecular weight excluding hydrogens is 195 g/mol. The average Bonchev–Trinajstić information content (AvgIpc) is 2.21. The number of rotatable bonds is 3. The van der Waals surface area contributed by atoms with Gasteiger partial charge in [-0.2, -0.15) is 0 Å². The first-order chi connectivity index (χ1) is 6.92. The zero-order valence-electron chi connectivity index (χ0n) is 9.34. The molecule has 84 valence electrons. The Labute approximate surface area is 89.4 Å². The highest BCUT2D eigenvalue weighted by atomic mass is 19.1. The number of benzene rings is 1. The Bertz CT molecular complexity index is 359. The molecule has 0 aliphatic carbocycles. The molecule has 0 atom stereocenters. The van der Waals surface area contributed by atoms with E-state index in [1.54, 1.807) is 19.9 Å². The van der Waals surface area contributed by atoms with Gasteiger partial charge in [-0.15, -0.1) is 0 Å². The fraction of sp³-hybridized carbons (Fsp3) is 0.500. The zero-order valence-corrected chi connectivity index (χ0v) is 9.34. The number of phenolic OH excluding ortho intramolecular Hbond substituents is 1. The summed E-state index contributed by atoms with van der Waals surface area (Å²) in [6.07, 6.45) is 0.700. The van der Waals surface area contributed by atoms with Gasteiger partial charge in [0.05, 0.1) is 6.61 Å². The number of aromatic hydroxyl groups is 1. The summed E-state index contributed by atoms with van der Waals surface area (Å²) in [4.78, 5) is 0. The van der Waals surface area contributed by atoms with Crippen LogP contribution in [0.4, 0.5) is 4.39 Å². The molecule has 0 saturated heterocycles. The highest BCUT2D eigenvalue weighted by molar-refractivity contribution is 5.42. The molecule has 15 heavy (non-hydrogen) atoms. The van der Waals surface area contributed by atoms with E-state index in [-0.39, 0.29) is 12.4 Å². The van der Waals surface area contributed by atoms with Gasteiger partial charge in [0.15, 0.2) is 11.6 Å². The maximum absolute atomic E-state index is 13.4. The summed E-state index contributed by atoms with van der Waals surface area (Å²) in [5.41, 5.74) is 0.652. The number of aliphatic hydroxyl groups excluding tert-OH is 1. The first-order valence-corrected chi connectivity index (χ1v) is 5.05. The quantitative estimate of drug-likeness (QED) is 0.807. The van der Waals surface area contributed by atoms with E-state index in [0.717, 1.165) is 5.56 Å². The zero-order chi connectivity index (χ0) is 11.6. The summed E-state index contributed by atoms with van der Waals surface area (Å²) < 4.78 is 13.4. The Morgan fingerprint density at radius 3 is 2.40 bits per heavy atom. The van der Waals surface area contributed by atoms with E-state index in [4.69, 9.17) is 0 Å². The van der Waals surface area contributed by atoms with Crippen LogP contribution in [0, 0.1) is 5.82 Å². The molecule has 3 heteroatoms. The maximum Gasteiger partial charge on any atom is 0.165 e. The Kier molecular flexibility index (Phi) is 3.35. The number of aryl methyl sites for hydroxylation is 1. The smallest absolute Gasteiger partial charge is 0.165 e. The van der Waals surface area contributed by atoms with Crippen molar-refractivity contribution in [3.8, 4) is 5.75 Å². The predicted octanol–water partition coefficient (Wildman–Crippen LogP) is 2.36. The van der Waals surface area contributed by atoms with E-state index < -0.39 is 11.2 Å².